The van der Waals surface area contributed by atoms with Crippen LogP contribution in [0, 0.1) is 5.41 Å². The highest BCUT2D eigenvalue weighted by atomic mass is 16.5. The minimum atomic E-state index is -2.41. The van der Waals surface area contributed by atoms with Crippen LogP contribution in [0.15, 0.2) is 11.8 Å². The Kier molecular flexibility index (Phi) is 3.90. The minimum absolute atomic E-state index is 0.0950. The summed E-state index contributed by atoms with van der Waals surface area (Å²) in [5, 5.41) is 26.6. The molecule has 0 aliphatic heterocycles. The van der Waals surface area contributed by atoms with Crippen molar-refractivity contribution in [3.8, 4) is 0 Å². The average Bonchev–Trinajstić information content (AvgIpc) is 1.78. The Morgan fingerprint density at radius 1 is 1.31 bits per heavy atom. The maximum Gasteiger partial charge on any atom is 0.244 e. The van der Waals surface area contributed by atoms with Gasteiger partial charge in [-0.15, -0.1) is 0 Å². The zero-order chi connectivity index (χ0) is 10.7. The lowest BCUT2D eigenvalue weighted by Crippen LogP contribution is -2.36. The molecule has 0 saturated carbocycles. The Balaban J connectivity index is 4.02. The number of aliphatic hydroxyl groups excluding tert-OH is 1. The van der Waals surface area contributed by atoms with E-state index < -0.39 is 5.91 Å². The smallest absolute Gasteiger partial charge is 0.244 e. The summed E-state index contributed by atoms with van der Waals surface area (Å²) in [6, 6.07) is 0. The second-order valence-corrected chi connectivity index (χ2v) is 4.48. The molecule has 0 radical (unpaired) electrons. The van der Waals surface area contributed by atoms with Crippen LogP contribution in [-0.4, -0.2) is 21.2 Å². The van der Waals surface area contributed by atoms with Crippen molar-refractivity contribution in [2.75, 3.05) is 0 Å². The van der Waals surface area contributed by atoms with Gasteiger partial charge in [0.1, 0.15) is 0 Å². The van der Waals surface area contributed by atoms with Crippen molar-refractivity contribution in [2.24, 2.45) is 11.1 Å². The molecular weight excluding hydrogens is 170 g/mol. The van der Waals surface area contributed by atoms with Crippen molar-refractivity contribution in [2.45, 2.75) is 39.5 Å². The number of nitrogens with two attached hydrogens (primary N) is 1. The van der Waals surface area contributed by atoms with Gasteiger partial charge in [0, 0.05) is 12.5 Å². The van der Waals surface area contributed by atoms with Gasteiger partial charge in [0.05, 0.1) is 5.76 Å². The monoisotopic (exact) mass is 189 g/mol. The molecule has 0 rings (SSSR count). The molecule has 5 N–H and O–H groups in total. The lowest BCUT2D eigenvalue weighted by molar-refractivity contribution is -0.113. The van der Waals surface area contributed by atoms with Gasteiger partial charge in [0.15, 0.2) is 0 Å². The molecule has 0 atom stereocenters. The number of allylic oxidation sites excluding steroid dienone is 1. The third-order valence-electron chi connectivity index (χ3n) is 1.51. The Labute approximate surface area is 78.7 Å². The van der Waals surface area contributed by atoms with E-state index in [1.807, 2.05) is 20.8 Å². The number of hydrogen-bond acceptors (Lipinski definition) is 4. The predicted octanol–water partition coefficient (Wildman–Crippen LogP) is 0.852. The first-order valence-corrected chi connectivity index (χ1v) is 4.24. The van der Waals surface area contributed by atoms with Crippen molar-refractivity contribution in [1.82, 2.24) is 0 Å². The minimum Gasteiger partial charge on any atom is -0.512 e. The van der Waals surface area contributed by atoms with Gasteiger partial charge in [-0.1, -0.05) is 20.8 Å². The van der Waals surface area contributed by atoms with Crippen LogP contribution in [-0.2, 0) is 0 Å². The number of aliphatic hydroxyl groups is 3. The quantitative estimate of drug-likeness (QED) is 0.391. The van der Waals surface area contributed by atoms with E-state index in [9.17, 15) is 5.11 Å². The fraction of sp³-hybridized carbons (Fsp3) is 0.778. The molecule has 0 heterocycles. The summed E-state index contributed by atoms with van der Waals surface area (Å²) in [5.41, 5.74) is 4.95. The first-order valence-electron chi connectivity index (χ1n) is 4.24. The van der Waals surface area contributed by atoms with Gasteiger partial charge in [-0.2, -0.15) is 0 Å². The molecule has 0 unspecified atom stereocenters. The van der Waals surface area contributed by atoms with Crippen LogP contribution in [0.5, 0.6) is 0 Å². The molecule has 0 aromatic rings. The summed E-state index contributed by atoms with van der Waals surface area (Å²) in [6.45, 7) is 6.11. The lowest BCUT2D eigenvalue weighted by atomic mass is 9.90. The molecule has 4 nitrogen and oxygen atoms in total. The third-order valence-corrected chi connectivity index (χ3v) is 1.51. The molecule has 0 aliphatic carbocycles. The lowest BCUT2D eigenvalue weighted by Gasteiger charge is -2.18. The normalized spacial score (nSPS) is 14.8. The molecule has 0 aromatic heterocycles. The predicted molar refractivity (Wildman–Crippen MR) is 50.8 cm³/mol. The van der Waals surface area contributed by atoms with Gasteiger partial charge in [-0.25, -0.2) is 0 Å². The van der Waals surface area contributed by atoms with E-state index in [1.54, 1.807) is 0 Å². The van der Waals surface area contributed by atoms with Crippen molar-refractivity contribution in [3.63, 3.8) is 0 Å². The molecule has 0 spiro atoms. The molecule has 0 amide bonds. The van der Waals surface area contributed by atoms with Crippen LogP contribution in [0.3, 0.4) is 0 Å². The van der Waals surface area contributed by atoms with Crippen LogP contribution in [0.4, 0.5) is 0 Å². The van der Waals surface area contributed by atoms with E-state index in [1.165, 1.54) is 0 Å². The number of rotatable bonds is 3. The Morgan fingerprint density at radius 2 is 1.77 bits per heavy atom. The third kappa shape index (κ3) is 9.33. The first kappa shape index (κ1) is 12.4. The van der Waals surface area contributed by atoms with E-state index >= 15 is 0 Å². The van der Waals surface area contributed by atoms with E-state index in [0.717, 1.165) is 12.5 Å². The SMILES string of the molecule is CC(C)(C)CC/C(O)=C/C(N)(O)O. The molecule has 0 fully saturated rings. The largest absolute Gasteiger partial charge is 0.512 e. The van der Waals surface area contributed by atoms with E-state index in [-0.39, 0.29) is 11.2 Å². The average molecular weight is 189 g/mol. The molecule has 0 aromatic carbocycles. The summed E-state index contributed by atoms with van der Waals surface area (Å²) in [7, 11) is 0. The van der Waals surface area contributed by atoms with Gasteiger partial charge in [-0.05, 0) is 11.8 Å². The van der Waals surface area contributed by atoms with Crippen LogP contribution < -0.4 is 5.73 Å². The zero-order valence-electron chi connectivity index (χ0n) is 8.41. The van der Waals surface area contributed by atoms with Crippen molar-refractivity contribution >= 4 is 0 Å². The summed E-state index contributed by atoms with van der Waals surface area (Å²) in [6.07, 6.45) is 1.98. The molecule has 78 valence electrons. The molecule has 4 heteroatoms. The topological polar surface area (TPSA) is 86.7 Å². The Bertz CT molecular complexity index is 186. The Morgan fingerprint density at radius 3 is 2.08 bits per heavy atom. The van der Waals surface area contributed by atoms with Gasteiger partial charge < -0.3 is 15.3 Å². The maximum atomic E-state index is 9.21. The van der Waals surface area contributed by atoms with Crippen molar-refractivity contribution in [1.29, 1.82) is 0 Å². The van der Waals surface area contributed by atoms with E-state index in [4.69, 9.17) is 15.9 Å². The molecule has 13 heavy (non-hydrogen) atoms. The summed E-state index contributed by atoms with van der Waals surface area (Å²) in [5.74, 6) is -2.51. The fourth-order valence-corrected chi connectivity index (χ4v) is 0.820. The van der Waals surface area contributed by atoms with Crippen LogP contribution in [0.1, 0.15) is 33.6 Å². The van der Waals surface area contributed by atoms with Crippen molar-refractivity contribution < 1.29 is 15.3 Å². The number of hydrogen-bond donors (Lipinski definition) is 4. The van der Waals surface area contributed by atoms with Crippen molar-refractivity contribution in [3.05, 3.63) is 11.8 Å². The van der Waals surface area contributed by atoms with Gasteiger partial charge in [-0.3, -0.25) is 5.73 Å². The second kappa shape index (κ2) is 4.09. The molecule has 0 aliphatic rings. The highest BCUT2D eigenvalue weighted by Crippen LogP contribution is 2.22. The van der Waals surface area contributed by atoms with Crippen LogP contribution in [0.2, 0.25) is 0 Å². The van der Waals surface area contributed by atoms with Gasteiger partial charge in [0.2, 0.25) is 5.91 Å². The van der Waals surface area contributed by atoms with Gasteiger partial charge in [0.25, 0.3) is 0 Å². The standard InChI is InChI=1S/C9H19NO3/c1-8(2,3)5-4-7(11)6-9(10,12)13/h6,11-13H,4-5,10H2,1-3H3/b7-6-. The first-order chi connectivity index (χ1) is 5.60. The van der Waals surface area contributed by atoms with E-state index in [0.29, 0.717) is 6.42 Å². The second-order valence-electron chi connectivity index (χ2n) is 4.48. The molecule has 0 bridgehead atoms. The summed E-state index contributed by atoms with van der Waals surface area (Å²) in [4.78, 5) is 0. The Hall–Kier alpha value is -0.580. The molecule has 0 saturated heterocycles. The van der Waals surface area contributed by atoms with Crippen LogP contribution in [0.25, 0.3) is 0 Å². The van der Waals surface area contributed by atoms with Gasteiger partial charge >= 0.3 is 0 Å². The summed E-state index contributed by atoms with van der Waals surface area (Å²) < 4.78 is 0. The zero-order valence-corrected chi connectivity index (χ0v) is 8.41. The highest BCUT2D eigenvalue weighted by molar-refractivity contribution is 4.97. The van der Waals surface area contributed by atoms with E-state index in [2.05, 4.69) is 0 Å². The highest BCUT2D eigenvalue weighted by Gasteiger charge is 2.15. The maximum absolute atomic E-state index is 9.21. The summed E-state index contributed by atoms with van der Waals surface area (Å²) >= 11 is 0. The fourth-order valence-electron chi connectivity index (χ4n) is 0.820. The van der Waals surface area contributed by atoms with Crippen LogP contribution >= 0.6 is 0 Å². The molecular formula is C9H19NO3.